The first-order valence-electron chi connectivity index (χ1n) is 6.34. The van der Waals surface area contributed by atoms with Gasteiger partial charge in [-0.2, -0.15) is 10.5 Å². The van der Waals surface area contributed by atoms with Crippen LogP contribution in [0, 0.1) is 36.5 Å². The molecule has 0 N–H and O–H groups in total. The van der Waals surface area contributed by atoms with E-state index < -0.39 is 0 Å². The molecule has 0 spiro atoms. The number of rotatable bonds is 2. The quantitative estimate of drug-likeness (QED) is 0.759. The fraction of sp³-hybridized carbons (Fsp3) is 0.111. The minimum atomic E-state index is 0.137. The van der Waals surface area contributed by atoms with Gasteiger partial charge in [-0.05, 0) is 25.0 Å². The number of nitrogens with zero attached hydrogens (tertiary/aromatic N) is 2. The second-order valence-corrected chi connectivity index (χ2v) is 4.71. The van der Waals surface area contributed by atoms with Crippen molar-refractivity contribution in [2.45, 2.75) is 13.8 Å². The Labute approximate surface area is 119 Å². The van der Waals surface area contributed by atoms with Gasteiger partial charge >= 0.3 is 0 Å². The molecule has 0 heterocycles. The van der Waals surface area contributed by atoms with Crippen molar-refractivity contribution in [3.05, 3.63) is 76.4 Å². The molecule has 0 aromatic heterocycles. The Bertz CT molecular complexity index is 657. The monoisotopic (exact) mass is 258 g/mol. The van der Waals surface area contributed by atoms with E-state index in [0.717, 1.165) is 22.3 Å². The zero-order valence-electron chi connectivity index (χ0n) is 11.5. The summed E-state index contributed by atoms with van der Waals surface area (Å²) in [4.78, 5) is 0. The zero-order chi connectivity index (χ0) is 14.5. The minimum absolute atomic E-state index is 0.137. The molecule has 96 valence electrons. The molecule has 0 aliphatic heterocycles. The lowest BCUT2D eigenvalue weighted by molar-refractivity contribution is 1.41. The van der Waals surface area contributed by atoms with Gasteiger partial charge in [-0.1, -0.05) is 59.7 Å². The van der Waals surface area contributed by atoms with Crippen LogP contribution in [0.1, 0.15) is 22.3 Å². The first kappa shape index (κ1) is 13.6. The molecule has 2 aromatic carbocycles. The molecule has 2 rings (SSSR count). The van der Waals surface area contributed by atoms with Gasteiger partial charge in [-0.15, -0.1) is 0 Å². The molecule has 0 unspecified atom stereocenters. The maximum Gasteiger partial charge on any atom is 0.138 e. The Morgan fingerprint density at radius 1 is 0.700 bits per heavy atom. The van der Waals surface area contributed by atoms with Crippen LogP contribution >= 0.6 is 0 Å². The number of nitriles is 2. The Balaban J connectivity index is 2.67. The normalized spacial score (nSPS) is 9.40. The Hall–Kier alpha value is -2.84. The average molecular weight is 258 g/mol. The third-order valence-electron chi connectivity index (χ3n) is 3.15. The molecule has 0 aliphatic carbocycles. The molecular formula is C18H14N2. The summed E-state index contributed by atoms with van der Waals surface area (Å²) in [7, 11) is 0. The highest BCUT2D eigenvalue weighted by molar-refractivity contribution is 5.86. The number of benzene rings is 2. The van der Waals surface area contributed by atoms with Crippen LogP contribution in [0.25, 0.3) is 5.57 Å². The minimum Gasteiger partial charge on any atom is -0.192 e. The lowest BCUT2D eigenvalue weighted by Crippen LogP contribution is -1.93. The van der Waals surface area contributed by atoms with Gasteiger partial charge in [0, 0.05) is 5.57 Å². The van der Waals surface area contributed by atoms with Crippen LogP contribution in [-0.4, -0.2) is 0 Å². The number of aryl methyl sites for hydroxylation is 2. The van der Waals surface area contributed by atoms with E-state index in [1.54, 1.807) is 0 Å². The molecule has 0 amide bonds. The smallest absolute Gasteiger partial charge is 0.138 e. The lowest BCUT2D eigenvalue weighted by Gasteiger charge is -2.09. The highest BCUT2D eigenvalue weighted by atomic mass is 14.3. The van der Waals surface area contributed by atoms with Gasteiger partial charge in [0.15, 0.2) is 0 Å². The van der Waals surface area contributed by atoms with Gasteiger partial charge in [0.05, 0.1) is 0 Å². The van der Waals surface area contributed by atoms with Crippen LogP contribution in [0.4, 0.5) is 0 Å². The van der Waals surface area contributed by atoms with Crippen LogP contribution in [0.15, 0.2) is 54.1 Å². The summed E-state index contributed by atoms with van der Waals surface area (Å²) < 4.78 is 0. The Morgan fingerprint density at radius 2 is 1.05 bits per heavy atom. The standard InChI is InChI=1S/C18H14N2/c1-13-3-7-15(8-4-13)18(17(11-19)12-20)16-9-5-14(2)6-10-16/h3-10H,1-2H3. The molecule has 0 aliphatic rings. The van der Waals surface area contributed by atoms with E-state index >= 15 is 0 Å². The van der Waals surface area contributed by atoms with Gasteiger partial charge in [-0.25, -0.2) is 0 Å². The maximum absolute atomic E-state index is 9.20. The molecule has 0 fully saturated rings. The van der Waals surface area contributed by atoms with Crippen molar-refractivity contribution < 1.29 is 0 Å². The van der Waals surface area contributed by atoms with E-state index in [-0.39, 0.29) is 5.57 Å². The van der Waals surface area contributed by atoms with Crippen molar-refractivity contribution in [1.82, 2.24) is 0 Å². The average Bonchev–Trinajstić information content (AvgIpc) is 2.47. The predicted molar refractivity (Wildman–Crippen MR) is 79.6 cm³/mol. The molecule has 0 bridgehead atoms. The highest BCUT2D eigenvalue weighted by Crippen LogP contribution is 2.27. The molecule has 0 radical (unpaired) electrons. The zero-order valence-corrected chi connectivity index (χ0v) is 11.5. The van der Waals surface area contributed by atoms with Crippen molar-refractivity contribution in [2.75, 3.05) is 0 Å². The van der Waals surface area contributed by atoms with Gasteiger partial charge in [-0.3, -0.25) is 0 Å². The van der Waals surface area contributed by atoms with E-state index in [2.05, 4.69) is 0 Å². The van der Waals surface area contributed by atoms with E-state index in [0.29, 0.717) is 5.57 Å². The largest absolute Gasteiger partial charge is 0.192 e. The van der Waals surface area contributed by atoms with E-state index in [1.807, 2.05) is 74.5 Å². The van der Waals surface area contributed by atoms with Gasteiger partial charge in [0.1, 0.15) is 17.7 Å². The molecule has 20 heavy (non-hydrogen) atoms. The molecule has 2 nitrogen and oxygen atoms in total. The molecule has 0 saturated carbocycles. The van der Waals surface area contributed by atoms with Crippen LogP contribution < -0.4 is 0 Å². The van der Waals surface area contributed by atoms with Crippen molar-refractivity contribution in [1.29, 1.82) is 10.5 Å². The van der Waals surface area contributed by atoms with E-state index in [4.69, 9.17) is 0 Å². The van der Waals surface area contributed by atoms with E-state index in [9.17, 15) is 10.5 Å². The van der Waals surface area contributed by atoms with Crippen LogP contribution in [0.2, 0.25) is 0 Å². The third-order valence-corrected chi connectivity index (χ3v) is 3.15. The van der Waals surface area contributed by atoms with Crippen molar-refractivity contribution >= 4 is 5.57 Å². The summed E-state index contributed by atoms with van der Waals surface area (Å²) in [5.41, 5.74) is 4.89. The lowest BCUT2D eigenvalue weighted by atomic mass is 9.93. The first-order valence-corrected chi connectivity index (χ1v) is 6.34. The molecule has 0 saturated heterocycles. The Morgan fingerprint density at radius 3 is 1.35 bits per heavy atom. The van der Waals surface area contributed by atoms with Crippen LogP contribution in [0.3, 0.4) is 0 Å². The van der Waals surface area contributed by atoms with Gasteiger partial charge in [0.2, 0.25) is 0 Å². The Kier molecular flexibility index (Phi) is 3.99. The third kappa shape index (κ3) is 2.76. The van der Waals surface area contributed by atoms with Crippen LogP contribution in [0.5, 0.6) is 0 Å². The molecule has 2 heteroatoms. The summed E-state index contributed by atoms with van der Waals surface area (Å²) in [6.45, 7) is 4.02. The number of allylic oxidation sites excluding steroid dienone is 1. The summed E-state index contributed by atoms with van der Waals surface area (Å²) in [5.74, 6) is 0. The topological polar surface area (TPSA) is 47.6 Å². The second-order valence-electron chi connectivity index (χ2n) is 4.71. The fourth-order valence-electron chi connectivity index (χ4n) is 2.03. The SMILES string of the molecule is Cc1ccc(C(=C(C#N)C#N)c2ccc(C)cc2)cc1. The molecule has 2 aromatic rings. The summed E-state index contributed by atoms with van der Waals surface area (Å²) in [5, 5.41) is 18.4. The summed E-state index contributed by atoms with van der Waals surface area (Å²) in [6.07, 6.45) is 0. The van der Waals surface area contributed by atoms with Crippen molar-refractivity contribution in [2.24, 2.45) is 0 Å². The highest BCUT2D eigenvalue weighted by Gasteiger charge is 2.11. The first-order chi connectivity index (χ1) is 9.65. The fourth-order valence-corrected chi connectivity index (χ4v) is 2.03. The molecular weight excluding hydrogens is 244 g/mol. The van der Waals surface area contributed by atoms with Crippen molar-refractivity contribution in [3.63, 3.8) is 0 Å². The summed E-state index contributed by atoms with van der Waals surface area (Å²) >= 11 is 0. The second kappa shape index (κ2) is 5.87. The van der Waals surface area contributed by atoms with Gasteiger partial charge in [0.25, 0.3) is 0 Å². The maximum atomic E-state index is 9.20. The predicted octanol–water partition coefficient (Wildman–Crippen LogP) is 4.15. The number of hydrogen-bond acceptors (Lipinski definition) is 2. The van der Waals surface area contributed by atoms with Crippen LogP contribution in [-0.2, 0) is 0 Å². The summed E-state index contributed by atoms with van der Waals surface area (Å²) in [6, 6.07) is 19.7. The van der Waals surface area contributed by atoms with Gasteiger partial charge < -0.3 is 0 Å². The molecule has 0 atom stereocenters. The van der Waals surface area contributed by atoms with E-state index in [1.165, 1.54) is 0 Å². The van der Waals surface area contributed by atoms with Crippen molar-refractivity contribution in [3.8, 4) is 12.1 Å². The number of hydrogen-bond donors (Lipinski definition) is 0.